The van der Waals surface area contributed by atoms with E-state index in [4.69, 9.17) is 40.2 Å². The number of rotatable bonds is 5. The molecule has 0 fully saturated rings. The average molecular weight is 407 g/mol. The zero-order chi connectivity index (χ0) is 18.5. The maximum absolute atomic E-state index is 6.04. The monoisotopic (exact) mass is 406 g/mol. The second-order valence-electron chi connectivity index (χ2n) is 5.45. The summed E-state index contributed by atoms with van der Waals surface area (Å²) in [6, 6.07) is 14.8. The maximum atomic E-state index is 6.04. The van der Waals surface area contributed by atoms with Crippen LogP contribution in [0.4, 0.5) is 11.5 Å². The molecule has 0 spiro atoms. The van der Waals surface area contributed by atoms with E-state index >= 15 is 0 Å². The Morgan fingerprint density at radius 3 is 2.54 bits per heavy atom. The smallest absolute Gasteiger partial charge is 0.176 e. The molecule has 1 heterocycles. The first-order valence-corrected chi connectivity index (χ1v) is 8.89. The first-order chi connectivity index (χ1) is 12.5. The molecule has 8 heteroatoms. The maximum Gasteiger partial charge on any atom is 0.176 e. The van der Waals surface area contributed by atoms with Gasteiger partial charge < -0.3 is 15.4 Å². The minimum atomic E-state index is 0.454. The highest BCUT2D eigenvalue weighted by Crippen LogP contribution is 2.23. The predicted molar refractivity (Wildman–Crippen MR) is 111 cm³/mol. The summed E-state index contributed by atoms with van der Waals surface area (Å²) in [5.41, 5.74) is 1.87. The van der Waals surface area contributed by atoms with Crippen molar-refractivity contribution in [3.63, 3.8) is 0 Å². The van der Waals surface area contributed by atoms with Crippen LogP contribution in [-0.4, -0.2) is 22.0 Å². The normalized spacial score (nSPS) is 10.4. The van der Waals surface area contributed by atoms with Crippen molar-refractivity contribution in [1.29, 1.82) is 0 Å². The number of aromatic nitrogens is 2. The summed E-state index contributed by atoms with van der Waals surface area (Å²) in [6.45, 7) is 0.581. The van der Waals surface area contributed by atoms with E-state index in [-0.39, 0.29) is 0 Å². The largest absolute Gasteiger partial charge is 0.497 e. The van der Waals surface area contributed by atoms with E-state index < -0.39 is 0 Å². The van der Waals surface area contributed by atoms with Crippen LogP contribution in [0, 0.1) is 0 Å². The van der Waals surface area contributed by atoms with Gasteiger partial charge in [0.25, 0.3) is 0 Å². The molecule has 0 aliphatic carbocycles. The van der Waals surface area contributed by atoms with Crippen LogP contribution in [0.1, 0.15) is 5.56 Å². The van der Waals surface area contributed by atoms with E-state index in [1.54, 1.807) is 17.9 Å². The minimum Gasteiger partial charge on any atom is -0.497 e. The van der Waals surface area contributed by atoms with Crippen LogP contribution in [-0.2, 0) is 6.54 Å². The molecule has 0 aliphatic heterocycles. The van der Waals surface area contributed by atoms with E-state index in [1.807, 2.05) is 48.7 Å². The van der Waals surface area contributed by atoms with Crippen molar-refractivity contribution in [3.8, 4) is 5.75 Å². The van der Waals surface area contributed by atoms with E-state index in [0.717, 1.165) is 17.0 Å². The van der Waals surface area contributed by atoms with Gasteiger partial charge in [-0.2, -0.15) is 5.10 Å². The summed E-state index contributed by atoms with van der Waals surface area (Å²) in [7, 11) is 1.63. The fraction of sp³-hybridized carbons (Fsp3) is 0.111. The molecule has 0 radical (unpaired) electrons. The Labute approximate surface area is 166 Å². The van der Waals surface area contributed by atoms with Gasteiger partial charge in [0, 0.05) is 18.0 Å². The van der Waals surface area contributed by atoms with Crippen LogP contribution >= 0.6 is 35.4 Å². The topological polar surface area (TPSA) is 51.1 Å². The highest BCUT2D eigenvalue weighted by molar-refractivity contribution is 7.80. The Kier molecular flexibility index (Phi) is 5.98. The Bertz CT molecular complexity index is 912. The molecule has 0 amide bonds. The highest BCUT2D eigenvalue weighted by atomic mass is 35.5. The SMILES string of the molecule is COc1ccc(NC(=S)Nc2ccn(Cc3ccc(Cl)c(Cl)c3)n2)cc1. The lowest BCUT2D eigenvalue weighted by molar-refractivity contribution is 0.415. The van der Waals surface area contributed by atoms with Gasteiger partial charge in [0.05, 0.1) is 23.7 Å². The average Bonchev–Trinajstić information content (AvgIpc) is 3.05. The van der Waals surface area contributed by atoms with Gasteiger partial charge in [0.2, 0.25) is 0 Å². The summed E-state index contributed by atoms with van der Waals surface area (Å²) in [5, 5.41) is 12.1. The highest BCUT2D eigenvalue weighted by Gasteiger charge is 2.05. The molecule has 2 aromatic carbocycles. The standard InChI is InChI=1S/C18H16Cl2N4OS/c1-25-14-5-3-13(4-6-14)21-18(26)22-17-8-9-24(23-17)11-12-2-7-15(19)16(20)10-12/h2-10H,11H2,1H3,(H2,21,22,23,26). The summed E-state index contributed by atoms with van der Waals surface area (Å²) in [6.07, 6.45) is 1.86. The number of hydrogen-bond donors (Lipinski definition) is 2. The fourth-order valence-electron chi connectivity index (χ4n) is 2.29. The Balaban J connectivity index is 1.58. The van der Waals surface area contributed by atoms with Crippen LogP contribution in [0.3, 0.4) is 0 Å². The Morgan fingerprint density at radius 2 is 1.85 bits per heavy atom. The number of nitrogens with zero attached hydrogens (tertiary/aromatic N) is 2. The first-order valence-electron chi connectivity index (χ1n) is 7.73. The molecule has 5 nitrogen and oxygen atoms in total. The van der Waals surface area contributed by atoms with Crippen LogP contribution in [0.2, 0.25) is 10.0 Å². The molecule has 0 saturated heterocycles. The van der Waals surface area contributed by atoms with Gasteiger partial charge in [-0.15, -0.1) is 0 Å². The van der Waals surface area contributed by atoms with Crippen LogP contribution < -0.4 is 15.4 Å². The molecule has 3 aromatic rings. The second kappa shape index (κ2) is 8.40. The number of anilines is 2. The zero-order valence-electron chi connectivity index (χ0n) is 13.9. The number of hydrogen-bond acceptors (Lipinski definition) is 3. The summed E-state index contributed by atoms with van der Waals surface area (Å²) in [4.78, 5) is 0. The number of thiocarbonyl (C=S) groups is 1. The van der Waals surface area contributed by atoms with Gasteiger partial charge >= 0.3 is 0 Å². The van der Waals surface area contributed by atoms with Crippen molar-refractivity contribution in [2.75, 3.05) is 17.7 Å². The van der Waals surface area contributed by atoms with E-state index in [1.165, 1.54) is 0 Å². The lowest BCUT2D eigenvalue weighted by Gasteiger charge is -2.09. The number of ether oxygens (including phenoxy) is 1. The van der Waals surface area contributed by atoms with E-state index in [0.29, 0.717) is 27.5 Å². The van der Waals surface area contributed by atoms with Gasteiger partial charge in [-0.3, -0.25) is 4.68 Å². The van der Waals surface area contributed by atoms with Crippen molar-refractivity contribution in [2.24, 2.45) is 0 Å². The third kappa shape index (κ3) is 4.88. The second-order valence-corrected chi connectivity index (χ2v) is 6.68. The van der Waals surface area contributed by atoms with Crippen molar-refractivity contribution < 1.29 is 4.74 Å². The first kappa shape index (κ1) is 18.5. The van der Waals surface area contributed by atoms with Crippen LogP contribution in [0.15, 0.2) is 54.7 Å². The van der Waals surface area contributed by atoms with Crippen LogP contribution in [0.25, 0.3) is 0 Å². The quantitative estimate of drug-likeness (QED) is 0.580. The fourth-order valence-corrected chi connectivity index (χ4v) is 2.84. The van der Waals surface area contributed by atoms with Crippen molar-refractivity contribution in [2.45, 2.75) is 6.54 Å². The lowest BCUT2D eigenvalue weighted by atomic mass is 10.2. The summed E-state index contributed by atoms with van der Waals surface area (Å²) < 4.78 is 6.92. The van der Waals surface area contributed by atoms with Gasteiger partial charge in [-0.05, 0) is 54.2 Å². The molecule has 0 unspecified atom stereocenters. The number of methoxy groups -OCH3 is 1. The Morgan fingerprint density at radius 1 is 1.08 bits per heavy atom. The zero-order valence-corrected chi connectivity index (χ0v) is 16.2. The Hall–Kier alpha value is -2.28. The van der Waals surface area contributed by atoms with Gasteiger partial charge in [-0.1, -0.05) is 29.3 Å². The third-order valence-corrected chi connectivity index (χ3v) is 4.50. The number of halogens is 2. The lowest BCUT2D eigenvalue weighted by Crippen LogP contribution is -2.19. The molecule has 0 aliphatic rings. The third-order valence-electron chi connectivity index (χ3n) is 3.56. The molecule has 0 atom stereocenters. The summed E-state index contributed by atoms with van der Waals surface area (Å²) >= 11 is 17.3. The molecule has 3 rings (SSSR count). The van der Waals surface area contributed by atoms with Gasteiger partial charge in [0.15, 0.2) is 10.9 Å². The molecule has 1 aromatic heterocycles. The van der Waals surface area contributed by atoms with E-state index in [2.05, 4.69) is 15.7 Å². The number of nitrogens with one attached hydrogen (secondary N) is 2. The molecule has 0 bridgehead atoms. The molecule has 0 saturated carbocycles. The molecule has 26 heavy (non-hydrogen) atoms. The number of benzene rings is 2. The molecule has 2 N–H and O–H groups in total. The minimum absolute atomic E-state index is 0.454. The van der Waals surface area contributed by atoms with Gasteiger partial charge in [-0.25, -0.2) is 0 Å². The van der Waals surface area contributed by atoms with Crippen LogP contribution in [0.5, 0.6) is 5.75 Å². The summed E-state index contributed by atoms with van der Waals surface area (Å²) in [5.74, 6) is 1.44. The van der Waals surface area contributed by atoms with Crippen molar-refractivity contribution >= 4 is 52.0 Å². The van der Waals surface area contributed by atoms with Crippen molar-refractivity contribution in [1.82, 2.24) is 9.78 Å². The van der Waals surface area contributed by atoms with Gasteiger partial charge in [0.1, 0.15) is 5.75 Å². The molecular weight excluding hydrogens is 391 g/mol. The predicted octanol–water partition coefficient (Wildman–Crippen LogP) is 5.06. The molecular formula is C18H16Cl2N4OS. The molecule has 134 valence electrons. The van der Waals surface area contributed by atoms with Crippen molar-refractivity contribution in [3.05, 3.63) is 70.3 Å². The van der Waals surface area contributed by atoms with E-state index in [9.17, 15) is 0 Å².